The minimum atomic E-state index is -0.462. The summed E-state index contributed by atoms with van der Waals surface area (Å²) in [5, 5.41) is 0.649. The normalized spacial score (nSPS) is 18.3. The van der Waals surface area contributed by atoms with Gasteiger partial charge in [0.25, 0.3) is 5.56 Å². The second-order valence-electron chi connectivity index (χ2n) is 8.92. The SMILES string of the molecule is Cc1nc2ccccc2c(=O)n1CC1CCN(C(=O)C2(c3ccc(F)cc3)CC2)CC1. The van der Waals surface area contributed by atoms with E-state index in [4.69, 9.17) is 0 Å². The van der Waals surface area contributed by atoms with Crippen LogP contribution in [0, 0.1) is 18.7 Å². The van der Waals surface area contributed by atoms with Crippen LogP contribution in [0.25, 0.3) is 10.9 Å². The van der Waals surface area contributed by atoms with Crippen LogP contribution in [0.1, 0.15) is 37.1 Å². The van der Waals surface area contributed by atoms with Crippen LogP contribution in [-0.2, 0) is 16.8 Å². The maximum atomic E-state index is 13.3. The molecule has 6 heteroatoms. The first kappa shape index (κ1) is 19.9. The summed E-state index contributed by atoms with van der Waals surface area (Å²) >= 11 is 0. The highest BCUT2D eigenvalue weighted by Crippen LogP contribution is 2.50. The Labute approximate surface area is 180 Å². The van der Waals surface area contributed by atoms with Gasteiger partial charge in [-0.25, -0.2) is 9.37 Å². The number of hydrogen-bond donors (Lipinski definition) is 0. The lowest BCUT2D eigenvalue weighted by Gasteiger charge is -2.35. The number of piperidine rings is 1. The summed E-state index contributed by atoms with van der Waals surface area (Å²) in [6, 6.07) is 13.8. The zero-order valence-electron chi connectivity index (χ0n) is 17.7. The summed E-state index contributed by atoms with van der Waals surface area (Å²) in [7, 11) is 0. The van der Waals surface area contributed by atoms with Gasteiger partial charge >= 0.3 is 0 Å². The number of halogens is 1. The second kappa shape index (κ2) is 7.59. The van der Waals surface area contributed by atoms with Crippen LogP contribution in [0.5, 0.6) is 0 Å². The van der Waals surface area contributed by atoms with Crippen molar-refractivity contribution in [3.8, 4) is 0 Å². The molecule has 1 aliphatic carbocycles. The molecule has 0 N–H and O–H groups in total. The maximum Gasteiger partial charge on any atom is 0.261 e. The van der Waals surface area contributed by atoms with E-state index in [0.29, 0.717) is 30.9 Å². The van der Waals surface area contributed by atoms with Crippen LogP contribution in [-0.4, -0.2) is 33.4 Å². The third-order valence-corrected chi connectivity index (χ3v) is 6.95. The van der Waals surface area contributed by atoms with E-state index in [2.05, 4.69) is 4.98 Å². The number of aromatic nitrogens is 2. The second-order valence-corrected chi connectivity index (χ2v) is 8.92. The first-order valence-electron chi connectivity index (χ1n) is 11.0. The van der Waals surface area contributed by atoms with Gasteiger partial charge < -0.3 is 4.90 Å². The van der Waals surface area contributed by atoms with Gasteiger partial charge in [-0.1, -0.05) is 24.3 Å². The summed E-state index contributed by atoms with van der Waals surface area (Å²) in [6.07, 6.45) is 3.39. The molecule has 0 spiro atoms. The standard InChI is InChI=1S/C25H26FN3O2/c1-17-27-22-5-3-2-4-21(22)23(30)29(17)16-18-10-14-28(15-11-18)24(31)25(12-13-25)19-6-8-20(26)9-7-19/h2-9,18H,10-16H2,1H3. The third kappa shape index (κ3) is 3.54. The molecular weight excluding hydrogens is 393 g/mol. The quantitative estimate of drug-likeness (QED) is 0.646. The van der Waals surface area contributed by atoms with Gasteiger partial charge in [0, 0.05) is 19.6 Å². The molecule has 1 aliphatic heterocycles. The molecule has 2 aromatic carbocycles. The number of para-hydroxylation sites is 1. The van der Waals surface area contributed by atoms with E-state index in [9.17, 15) is 14.0 Å². The number of likely N-dealkylation sites (tertiary alicyclic amines) is 1. The van der Waals surface area contributed by atoms with Gasteiger partial charge in [0.2, 0.25) is 5.91 Å². The Morgan fingerprint density at radius 1 is 1.10 bits per heavy atom. The van der Waals surface area contributed by atoms with Crippen LogP contribution in [0.3, 0.4) is 0 Å². The zero-order valence-corrected chi connectivity index (χ0v) is 17.7. The minimum absolute atomic E-state index is 0.00912. The molecule has 5 nitrogen and oxygen atoms in total. The molecule has 0 radical (unpaired) electrons. The summed E-state index contributed by atoms with van der Waals surface area (Å²) in [5.41, 5.74) is 1.20. The average molecular weight is 420 g/mol. The van der Waals surface area contributed by atoms with Gasteiger partial charge in [-0.2, -0.15) is 0 Å². The lowest BCUT2D eigenvalue weighted by molar-refractivity contribution is -0.135. The van der Waals surface area contributed by atoms with Crippen molar-refractivity contribution in [3.05, 3.63) is 76.1 Å². The maximum absolute atomic E-state index is 13.3. The molecule has 1 aromatic heterocycles. The van der Waals surface area contributed by atoms with E-state index in [0.717, 1.165) is 42.6 Å². The zero-order chi connectivity index (χ0) is 21.6. The number of rotatable bonds is 4. The summed E-state index contributed by atoms with van der Waals surface area (Å²) in [4.78, 5) is 32.8. The van der Waals surface area contributed by atoms with Gasteiger partial charge in [-0.15, -0.1) is 0 Å². The Kier molecular flexibility index (Phi) is 4.88. The van der Waals surface area contributed by atoms with Gasteiger partial charge in [-0.3, -0.25) is 14.2 Å². The average Bonchev–Trinajstić information content (AvgIpc) is 3.59. The van der Waals surface area contributed by atoms with Crippen LogP contribution in [0.4, 0.5) is 4.39 Å². The fourth-order valence-electron chi connectivity index (χ4n) is 4.89. The van der Waals surface area contributed by atoms with E-state index in [1.807, 2.05) is 36.1 Å². The van der Waals surface area contributed by atoms with Crippen molar-refractivity contribution in [2.24, 2.45) is 5.92 Å². The number of carbonyl (C=O) groups excluding carboxylic acids is 1. The highest BCUT2D eigenvalue weighted by atomic mass is 19.1. The monoisotopic (exact) mass is 419 g/mol. The third-order valence-electron chi connectivity index (χ3n) is 6.95. The smallest absolute Gasteiger partial charge is 0.261 e. The number of nitrogens with zero attached hydrogens (tertiary/aromatic N) is 3. The number of benzene rings is 2. The predicted molar refractivity (Wildman–Crippen MR) is 117 cm³/mol. The summed E-state index contributed by atoms with van der Waals surface area (Å²) in [5.74, 6) is 0.958. The van der Waals surface area contributed by atoms with Crippen LogP contribution in [0.2, 0.25) is 0 Å². The summed E-state index contributed by atoms with van der Waals surface area (Å²) < 4.78 is 15.1. The minimum Gasteiger partial charge on any atom is -0.342 e. The molecule has 1 amide bonds. The Balaban J connectivity index is 1.27. The van der Waals surface area contributed by atoms with Crippen LogP contribution < -0.4 is 5.56 Å². The predicted octanol–water partition coefficient (Wildman–Crippen LogP) is 3.81. The largest absolute Gasteiger partial charge is 0.342 e. The number of amides is 1. The van der Waals surface area contributed by atoms with Gasteiger partial charge in [0.05, 0.1) is 16.3 Å². The topological polar surface area (TPSA) is 55.2 Å². The highest BCUT2D eigenvalue weighted by molar-refractivity contribution is 5.91. The molecule has 1 saturated heterocycles. The first-order chi connectivity index (χ1) is 15.0. The van der Waals surface area contributed by atoms with E-state index in [-0.39, 0.29) is 17.3 Å². The van der Waals surface area contributed by atoms with Crippen LogP contribution in [0.15, 0.2) is 53.3 Å². The highest BCUT2D eigenvalue weighted by Gasteiger charge is 2.53. The number of fused-ring (bicyclic) bond motifs is 1. The molecule has 3 aromatic rings. The number of carbonyl (C=O) groups is 1. The lowest BCUT2D eigenvalue weighted by atomic mass is 9.91. The Morgan fingerprint density at radius 2 is 1.77 bits per heavy atom. The Bertz CT molecular complexity index is 1190. The molecular formula is C25H26FN3O2. The molecule has 2 fully saturated rings. The lowest BCUT2D eigenvalue weighted by Crippen LogP contribution is -2.45. The van der Waals surface area contributed by atoms with Crippen LogP contribution >= 0.6 is 0 Å². The van der Waals surface area contributed by atoms with E-state index in [1.54, 1.807) is 16.7 Å². The number of aryl methyl sites for hydroxylation is 1. The van der Waals surface area contributed by atoms with E-state index < -0.39 is 5.41 Å². The van der Waals surface area contributed by atoms with E-state index in [1.165, 1.54) is 12.1 Å². The molecule has 2 aliphatic rings. The van der Waals surface area contributed by atoms with Gasteiger partial charge in [-0.05, 0) is 68.4 Å². The fraction of sp³-hybridized carbons (Fsp3) is 0.400. The molecule has 0 bridgehead atoms. The molecule has 2 heterocycles. The van der Waals surface area contributed by atoms with E-state index >= 15 is 0 Å². The van der Waals surface area contributed by atoms with Gasteiger partial charge in [0.1, 0.15) is 11.6 Å². The molecule has 0 unspecified atom stereocenters. The molecule has 0 atom stereocenters. The van der Waals surface area contributed by atoms with Gasteiger partial charge in [0.15, 0.2) is 0 Å². The molecule has 160 valence electrons. The van der Waals surface area contributed by atoms with Crippen molar-refractivity contribution in [3.63, 3.8) is 0 Å². The summed E-state index contributed by atoms with van der Waals surface area (Å²) in [6.45, 7) is 3.90. The Morgan fingerprint density at radius 3 is 2.45 bits per heavy atom. The van der Waals surface area contributed by atoms with Crippen molar-refractivity contribution in [1.29, 1.82) is 0 Å². The Hall–Kier alpha value is -3.02. The van der Waals surface area contributed by atoms with Crippen molar-refractivity contribution >= 4 is 16.8 Å². The number of hydrogen-bond acceptors (Lipinski definition) is 3. The first-order valence-corrected chi connectivity index (χ1v) is 11.0. The molecule has 1 saturated carbocycles. The molecule has 31 heavy (non-hydrogen) atoms. The van der Waals surface area contributed by atoms with Crippen molar-refractivity contribution < 1.29 is 9.18 Å². The van der Waals surface area contributed by atoms with Crippen molar-refractivity contribution in [2.45, 2.75) is 44.6 Å². The molecule has 5 rings (SSSR count). The van der Waals surface area contributed by atoms with Crippen molar-refractivity contribution in [2.75, 3.05) is 13.1 Å². The van der Waals surface area contributed by atoms with Crippen molar-refractivity contribution in [1.82, 2.24) is 14.5 Å². The fourth-order valence-corrected chi connectivity index (χ4v) is 4.89.